The smallest absolute Gasteiger partial charge is 0.306 e. The molecule has 1 aliphatic heterocycles. The second-order valence-electron chi connectivity index (χ2n) is 3.63. The third-order valence-electron chi connectivity index (χ3n) is 2.38. The van der Waals surface area contributed by atoms with Gasteiger partial charge in [0.05, 0.1) is 5.92 Å². The van der Waals surface area contributed by atoms with Crippen LogP contribution in [0.1, 0.15) is 32.6 Å². The first-order chi connectivity index (χ1) is 6.09. The van der Waals surface area contributed by atoms with Crippen LogP contribution in [0.3, 0.4) is 0 Å². The fourth-order valence-electron chi connectivity index (χ4n) is 1.59. The normalized spacial score (nSPS) is 25.0. The molecule has 0 aromatic carbocycles. The molecule has 1 amide bonds. The fourth-order valence-corrected chi connectivity index (χ4v) is 1.59. The number of hydrogen-bond donors (Lipinski definition) is 2. The Morgan fingerprint density at radius 2 is 2.46 bits per heavy atom. The maximum atomic E-state index is 11.0. The van der Waals surface area contributed by atoms with Crippen molar-refractivity contribution in [3.63, 3.8) is 0 Å². The molecule has 2 N–H and O–H groups in total. The van der Waals surface area contributed by atoms with Crippen LogP contribution < -0.4 is 5.32 Å². The van der Waals surface area contributed by atoms with Crippen molar-refractivity contribution in [1.29, 1.82) is 0 Å². The molecule has 0 spiro atoms. The molecule has 1 fully saturated rings. The van der Waals surface area contributed by atoms with Crippen LogP contribution in [0.2, 0.25) is 0 Å². The lowest BCUT2D eigenvalue weighted by Gasteiger charge is -2.24. The number of aliphatic carboxylic acids is 1. The quantitative estimate of drug-likeness (QED) is 0.682. The van der Waals surface area contributed by atoms with Gasteiger partial charge in [-0.1, -0.05) is 6.92 Å². The Hall–Kier alpha value is -1.06. The molecular formula is C9H15NO3. The number of carboxylic acid groups (broad SMARTS) is 1. The van der Waals surface area contributed by atoms with Crippen molar-refractivity contribution in [2.45, 2.75) is 38.6 Å². The highest BCUT2D eigenvalue weighted by atomic mass is 16.4. The predicted octanol–water partition coefficient (Wildman–Crippen LogP) is 0.766. The highest BCUT2D eigenvalue weighted by molar-refractivity contribution is 5.77. The minimum absolute atomic E-state index is 0.0499. The van der Waals surface area contributed by atoms with Crippen LogP contribution in [0.4, 0.5) is 0 Å². The lowest BCUT2D eigenvalue weighted by molar-refractivity contribution is -0.142. The van der Waals surface area contributed by atoms with E-state index in [9.17, 15) is 9.59 Å². The Morgan fingerprint density at radius 3 is 3.00 bits per heavy atom. The van der Waals surface area contributed by atoms with Crippen LogP contribution in [0, 0.1) is 5.92 Å². The maximum absolute atomic E-state index is 11.0. The van der Waals surface area contributed by atoms with Gasteiger partial charge >= 0.3 is 5.97 Å². The standard InChI is InChI=1S/C9H15NO3/c1-6(9(12)13)5-7-3-2-4-8(11)10-7/h6-7H,2-5H2,1H3,(H,10,11)(H,12,13). The summed E-state index contributed by atoms with van der Waals surface area (Å²) >= 11 is 0. The molecule has 0 aromatic rings. The van der Waals surface area contributed by atoms with Gasteiger partial charge in [0.15, 0.2) is 0 Å². The van der Waals surface area contributed by atoms with Gasteiger partial charge < -0.3 is 10.4 Å². The molecule has 13 heavy (non-hydrogen) atoms. The van der Waals surface area contributed by atoms with Gasteiger partial charge in [-0.15, -0.1) is 0 Å². The topological polar surface area (TPSA) is 66.4 Å². The molecule has 4 heteroatoms. The zero-order valence-electron chi connectivity index (χ0n) is 7.75. The van der Waals surface area contributed by atoms with Gasteiger partial charge in [0.2, 0.25) is 5.91 Å². The van der Waals surface area contributed by atoms with E-state index in [0.717, 1.165) is 12.8 Å². The number of nitrogens with one attached hydrogen (secondary N) is 1. The van der Waals surface area contributed by atoms with E-state index in [4.69, 9.17) is 5.11 Å². The van der Waals surface area contributed by atoms with Crippen molar-refractivity contribution >= 4 is 11.9 Å². The third kappa shape index (κ3) is 3.05. The second-order valence-corrected chi connectivity index (χ2v) is 3.63. The molecule has 0 bridgehead atoms. The Kier molecular flexibility index (Phi) is 3.28. The van der Waals surface area contributed by atoms with E-state index < -0.39 is 5.97 Å². The molecule has 1 aliphatic rings. The van der Waals surface area contributed by atoms with Crippen LogP contribution in [0.5, 0.6) is 0 Å². The number of piperidine rings is 1. The van der Waals surface area contributed by atoms with Gasteiger partial charge in [0, 0.05) is 12.5 Å². The van der Waals surface area contributed by atoms with Crippen molar-refractivity contribution in [1.82, 2.24) is 5.32 Å². The number of carbonyl (C=O) groups is 2. The van der Waals surface area contributed by atoms with E-state index in [1.807, 2.05) is 0 Å². The van der Waals surface area contributed by atoms with Crippen LogP contribution in [0.25, 0.3) is 0 Å². The average molecular weight is 185 g/mol. The monoisotopic (exact) mass is 185 g/mol. The van der Waals surface area contributed by atoms with E-state index in [-0.39, 0.29) is 17.9 Å². The van der Waals surface area contributed by atoms with Gasteiger partial charge in [0.1, 0.15) is 0 Å². The summed E-state index contributed by atoms with van der Waals surface area (Å²) in [6.07, 6.45) is 2.91. The summed E-state index contributed by atoms with van der Waals surface area (Å²) in [6.45, 7) is 1.67. The number of hydrogen-bond acceptors (Lipinski definition) is 2. The Morgan fingerprint density at radius 1 is 1.77 bits per heavy atom. The highest BCUT2D eigenvalue weighted by Crippen LogP contribution is 2.15. The van der Waals surface area contributed by atoms with Gasteiger partial charge in [-0.3, -0.25) is 9.59 Å². The van der Waals surface area contributed by atoms with E-state index in [0.29, 0.717) is 12.8 Å². The summed E-state index contributed by atoms with van der Waals surface area (Å²) < 4.78 is 0. The first-order valence-electron chi connectivity index (χ1n) is 4.61. The van der Waals surface area contributed by atoms with E-state index >= 15 is 0 Å². The minimum atomic E-state index is -0.792. The Bertz CT molecular complexity index is 215. The number of carbonyl (C=O) groups excluding carboxylic acids is 1. The maximum Gasteiger partial charge on any atom is 0.306 e. The van der Waals surface area contributed by atoms with Crippen LogP contribution >= 0.6 is 0 Å². The number of carboxylic acids is 1. The fraction of sp³-hybridized carbons (Fsp3) is 0.778. The van der Waals surface area contributed by atoms with Crippen molar-refractivity contribution < 1.29 is 14.7 Å². The molecule has 1 saturated heterocycles. The molecule has 1 heterocycles. The Labute approximate surface area is 77.3 Å². The summed E-state index contributed by atoms with van der Waals surface area (Å²) in [5.74, 6) is -1.11. The van der Waals surface area contributed by atoms with Gasteiger partial charge in [-0.05, 0) is 19.3 Å². The predicted molar refractivity (Wildman–Crippen MR) is 47.2 cm³/mol. The van der Waals surface area contributed by atoms with Crippen LogP contribution in [-0.2, 0) is 9.59 Å². The van der Waals surface area contributed by atoms with Gasteiger partial charge in [-0.2, -0.15) is 0 Å². The zero-order valence-corrected chi connectivity index (χ0v) is 7.75. The number of rotatable bonds is 3. The van der Waals surface area contributed by atoms with Crippen molar-refractivity contribution in [2.24, 2.45) is 5.92 Å². The first-order valence-corrected chi connectivity index (χ1v) is 4.61. The summed E-state index contributed by atoms with van der Waals surface area (Å²) in [7, 11) is 0. The van der Waals surface area contributed by atoms with Crippen molar-refractivity contribution in [3.8, 4) is 0 Å². The molecule has 0 aromatic heterocycles. The highest BCUT2D eigenvalue weighted by Gasteiger charge is 2.22. The summed E-state index contributed by atoms with van der Waals surface area (Å²) in [6, 6.07) is 0.0624. The molecule has 2 atom stereocenters. The molecular weight excluding hydrogens is 170 g/mol. The third-order valence-corrected chi connectivity index (χ3v) is 2.38. The first kappa shape index (κ1) is 10.0. The van der Waals surface area contributed by atoms with Crippen LogP contribution in [0.15, 0.2) is 0 Å². The molecule has 74 valence electrons. The molecule has 2 unspecified atom stereocenters. The molecule has 1 rings (SSSR count). The second kappa shape index (κ2) is 4.25. The lowest BCUT2D eigenvalue weighted by Crippen LogP contribution is -2.40. The lowest BCUT2D eigenvalue weighted by atomic mass is 9.95. The molecule has 4 nitrogen and oxygen atoms in total. The number of amides is 1. The van der Waals surface area contributed by atoms with Gasteiger partial charge in [0.25, 0.3) is 0 Å². The van der Waals surface area contributed by atoms with Gasteiger partial charge in [-0.25, -0.2) is 0 Å². The average Bonchev–Trinajstić information content (AvgIpc) is 2.04. The van der Waals surface area contributed by atoms with E-state index in [1.165, 1.54) is 0 Å². The van der Waals surface area contributed by atoms with E-state index in [2.05, 4.69) is 5.32 Å². The summed E-state index contributed by atoms with van der Waals surface area (Å²) in [4.78, 5) is 21.5. The van der Waals surface area contributed by atoms with E-state index in [1.54, 1.807) is 6.92 Å². The van der Waals surface area contributed by atoms with Crippen molar-refractivity contribution in [2.75, 3.05) is 0 Å². The summed E-state index contributed by atoms with van der Waals surface area (Å²) in [5, 5.41) is 11.5. The van der Waals surface area contributed by atoms with Crippen molar-refractivity contribution in [3.05, 3.63) is 0 Å². The molecule has 0 radical (unpaired) electrons. The minimum Gasteiger partial charge on any atom is -0.481 e. The SMILES string of the molecule is CC(CC1CCCC(=O)N1)C(=O)O. The largest absolute Gasteiger partial charge is 0.481 e. The Balaban J connectivity index is 2.35. The molecule has 0 saturated carbocycles. The zero-order chi connectivity index (χ0) is 9.84. The summed E-state index contributed by atoms with van der Waals surface area (Å²) in [5.41, 5.74) is 0. The molecule has 0 aliphatic carbocycles. The van der Waals surface area contributed by atoms with Crippen LogP contribution in [-0.4, -0.2) is 23.0 Å².